The molecule has 3 aromatic rings. The quantitative estimate of drug-likeness (QED) is 0.676. The molecular formula is C20H19ClFN3O. The molecule has 0 aliphatic rings. The molecule has 3 rings (SSSR count). The number of fused-ring (bicyclic) bond motifs is 1. The van der Waals surface area contributed by atoms with Gasteiger partial charge in [-0.3, -0.25) is 4.79 Å². The van der Waals surface area contributed by atoms with Crippen molar-refractivity contribution in [3.63, 3.8) is 0 Å². The van der Waals surface area contributed by atoms with Gasteiger partial charge in [-0.25, -0.2) is 9.37 Å². The highest BCUT2D eigenvalue weighted by Gasteiger charge is 2.17. The molecule has 0 saturated carbocycles. The minimum atomic E-state index is -0.455. The standard InChI is InChI=1S/C20H19ClFN3O/c1-3-25(4-2)19-15-8-6-5-7-14(15)16(12-23-19)20(26)24-18-10-9-13(22)11-17(18)21/h5-12H,3-4H2,1-2H3,(H,24,26). The second-order valence-electron chi connectivity index (χ2n) is 5.79. The SMILES string of the molecule is CCN(CC)c1ncc(C(=O)Nc2ccc(F)cc2Cl)c2ccccc12. The lowest BCUT2D eigenvalue weighted by Crippen LogP contribution is -2.24. The normalized spacial score (nSPS) is 10.8. The van der Waals surface area contributed by atoms with E-state index >= 15 is 0 Å². The maximum Gasteiger partial charge on any atom is 0.257 e. The van der Waals surface area contributed by atoms with Crippen LogP contribution in [0.15, 0.2) is 48.7 Å². The van der Waals surface area contributed by atoms with Crippen LogP contribution in [0.5, 0.6) is 0 Å². The van der Waals surface area contributed by atoms with Gasteiger partial charge in [0.1, 0.15) is 11.6 Å². The molecule has 1 amide bonds. The highest BCUT2D eigenvalue weighted by Crippen LogP contribution is 2.29. The van der Waals surface area contributed by atoms with E-state index in [1.807, 2.05) is 24.3 Å². The van der Waals surface area contributed by atoms with E-state index in [1.165, 1.54) is 12.1 Å². The molecule has 6 heteroatoms. The van der Waals surface area contributed by atoms with E-state index in [1.54, 1.807) is 6.20 Å². The summed E-state index contributed by atoms with van der Waals surface area (Å²) in [5, 5.41) is 4.60. The van der Waals surface area contributed by atoms with Crippen molar-refractivity contribution in [2.24, 2.45) is 0 Å². The average molecular weight is 372 g/mol. The first-order valence-electron chi connectivity index (χ1n) is 8.44. The zero-order chi connectivity index (χ0) is 18.7. The largest absolute Gasteiger partial charge is 0.357 e. The van der Waals surface area contributed by atoms with Crippen LogP contribution < -0.4 is 10.2 Å². The minimum absolute atomic E-state index is 0.148. The van der Waals surface area contributed by atoms with Crippen molar-refractivity contribution >= 4 is 39.8 Å². The summed E-state index contributed by atoms with van der Waals surface area (Å²) >= 11 is 6.01. The van der Waals surface area contributed by atoms with Gasteiger partial charge in [-0.1, -0.05) is 35.9 Å². The van der Waals surface area contributed by atoms with Crippen LogP contribution in [0.1, 0.15) is 24.2 Å². The fourth-order valence-electron chi connectivity index (χ4n) is 2.91. The molecule has 134 valence electrons. The van der Waals surface area contributed by atoms with Crippen molar-refractivity contribution in [2.75, 3.05) is 23.3 Å². The van der Waals surface area contributed by atoms with E-state index in [4.69, 9.17) is 11.6 Å². The fourth-order valence-corrected chi connectivity index (χ4v) is 3.13. The topological polar surface area (TPSA) is 45.2 Å². The van der Waals surface area contributed by atoms with E-state index in [0.717, 1.165) is 35.7 Å². The molecule has 0 bridgehead atoms. The fraction of sp³-hybridized carbons (Fsp3) is 0.200. The van der Waals surface area contributed by atoms with Crippen LogP contribution in [0.25, 0.3) is 10.8 Å². The average Bonchev–Trinajstić information content (AvgIpc) is 2.65. The second kappa shape index (κ2) is 7.70. The first kappa shape index (κ1) is 18.1. The Labute approximate surface area is 156 Å². The Kier molecular flexibility index (Phi) is 5.38. The Morgan fingerprint density at radius 2 is 1.85 bits per heavy atom. The number of hydrogen-bond donors (Lipinski definition) is 1. The number of carbonyl (C=O) groups excluding carboxylic acids is 1. The van der Waals surface area contributed by atoms with Crippen LogP contribution in [0.2, 0.25) is 5.02 Å². The maximum absolute atomic E-state index is 13.2. The van der Waals surface area contributed by atoms with Crippen LogP contribution in [0.4, 0.5) is 15.9 Å². The molecular weight excluding hydrogens is 353 g/mol. The van der Waals surface area contributed by atoms with Crippen molar-refractivity contribution in [2.45, 2.75) is 13.8 Å². The molecule has 0 aliphatic carbocycles. The molecule has 4 nitrogen and oxygen atoms in total. The van der Waals surface area contributed by atoms with Gasteiger partial charge in [0.2, 0.25) is 0 Å². The van der Waals surface area contributed by atoms with Gasteiger partial charge in [0.05, 0.1) is 16.3 Å². The summed E-state index contributed by atoms with van der Waals surface area (Å²) in [6, 6.07) is 11.5. The van der Waals surface area contributed by atoms with Crippen molar-refractivity contribution in [3.8, 4) is 0 Å². The smallest absolute Gasteiger partial charge is 0.257 e. The number of amides is 1. The molecule has 26 heavy (non-hydrogen) atoms. The summed E-state index contributed by atoms with van der Waals surface area (Å²) in [4.78, 5) is 19.4. The molecule has 0 fully saturated rings. The molecule has 2 aromatic carbocycles. The lowest BCUT2D eigenvalue weighted by molar-refractivity contribution is 0.102. The highest BCUT2D eigenvalue weighted by atomic mass is 35.5. The Balaban J connectivity index is 2.02. The van der Waals surface area contributed by atoms with Gasteiger partial charge < -0.3 is 10.2 Å². The van der Waals surface area contributed by atoms with Gasteiger partial charge >= 0.3 is 0 Å². The number of benzene rings is 2. The van der Waals surface area contributed by atoms with Crippen LogP contribution in [0.3, 0.4) is 0 Å². The first-order chi connectivity index (χ1) is 12.5. The zero-order valence-electron chi connectivity index (χ0n) is 14.6. The van der Waals surface area contributed by atoms with Gasteiger partial charge in [0.15, 0.2) is 0 Å². The molecule has 0 radical (unpaired) electrons. The van der Waals surface area contributed by atoms with Crippen molar-refractivity contribution in [3.05, 3.63) is 65.1 Å². The van der Waals surface area contributed by atoms with E-state index in [-0.39, 0.29) is 10.9 Å². The Bertz CT molecular complexity index is 957. The zero-order valence-corrected chi connectivity index (χ0v) is 15.3. The van der Waals surface area contributed by atoms with E-state index in [0.29, 0.717) is 11.3 Å². The Morgan fingerprint density at radius 3 is 2.50 bits per heavy atom. The number of pyridine rings is 1. The molecule has 1 heterocycles. The summed E-state index contributed by atoms with van der Waals surface area (Å²) in [5.74, 6) is 0.0546. The van der Waals surface area contributed by atoms with E-state index in [9.17, 15) is 9.18 Å². The van der Waals surface area contributed by atoms with Gasteiger partial charge in [0, 0.05) is 24.7 Å². The third-order valence-corrected chi connectivity index (χ3v) is 4.57. The predicted molar refractivity (Wildman–Crippen MR) is 105 cm³/mol. The number of aromatic nitrogens is 1. The summed E-state index contributed by atoms with van der Waals surface area (Å²) in [5.41, 5.74) is 0.798. The first-order valence-corrected chi connectivity index (χ1v) is 8.82. The van der Waals surface area contributed by atoms with Gasteiger partial charge in [-0.05, 0) is 37.4 Å². The number of halogens is 2. The monoisotopic (exact) mass is 371 g/mol. The lowest BCUT2D eigenvalue weighted by atomic mass is 10.1. The molecule has 0 spiro atoms. The van der Waals surface area contributed by atoms with Crippen molar-refractivity contribution in [1.29, 1.82) is 0 Å². The number of carbonyl (C=O) groups is 1. The lowest BCUT2D eigenvalue weighted by Gasteiger charge is -2.22. The molecule has 1 aromatic heterocycles. The van der Waals surface area contributed by atoms with Crippen LogP contribution in [-0.2, 0) is 0 Å². The molecule has 0 saturated heterocycles. The van der Waals surface area contributed by atoms with Gasteiger partial charge in [0.25, 0.3) is 5.91 Å². The van der Waals surface area contributed by atoms with Crippen molar-refractivity contribution < 1.29 is 9.18 Å². The van der Waals surface area contributed by atoms with E-state index < -0.39 is 5.82 Å². The highest BCUT2D eigenvalue weighted by molar-refractivity contribution is 6.34. The Morgan fingerprint density at radius 1 is 1.15 bits per heavy atom. The predicted octanol–water partition coefficient (Wildman–Crippen LogP) is 5.13. The number of anilines is 2. The van der Waals surface area contributed by atoms with Crippen LogP contribution in [-0.4, -0.2) is 24.0 Å². The van der Waals surface area contributed by atoms with Crippen molar-refractivity contribution in [1.82, 2.24) is 4.98 Å². The second-order valence-corrected chi connectivity index (χ2v) is 6.20. The number of rotatable bonds is 5. The third-order valence-electron chi connectivity index (χ3n) is 4.26. The molecule has 1 N–H and O–H groups in total. The number of nitrogens with zero attached hydrogens (tertiary/aromatic N) is 2. The molecule has 0 unspecified atom stereocenters. The number of nitrogens with one attached hydrogen (secondary N) is 1. The van der Waals surface area contributed by atoms with Gasteiger partial charge in [-0.15, -0.1) is 0 Å². The van der Waals surface area contributed by atoms with Gasteiger partial charge in [-0.2, -0.15) is 0 Å². The molecule has 0 atom stereocenters. The summed E-state index contributed by atoms with van der Waals surface area (Å²) in [6.07, 6.45) is 1.57. The van der Waals surface area contributed by atoms with E-state index in [2.05, 4.69) is 29.0 Å². The molecule has 0 aliphatic heterocycles. The minimum Gasteiger partial charge on any atom is -0.357 e. The summed E-state index contributed by atoms with van der Waals surface area (Å²) < 4.78 is 13.2. The maximum atomic E-state index is 13.2. The number of hydrogen-bond acceptors (Lipinski definition) is 3. The third kappa shape index (κ3) is 3.48. The summed E-state index contributed by atoms with van der Waals surface area (Å²) in [7, 11) is 0. The van der Waals surface area contributed by atoms with Crippen LogP contribution in [0, 0.1) is 5.82 Å². The van der Waals surface area contributed by atoms with Crippen LogP contribution >= 0.6 is 11.6 Å². The summed E-state index contributed by atoms with van der Waals surface area (Å²) in [6.45, 7) is 5.78. The Hall–Kier alpha value is -2.66.